The fourth-order valence-corrected chi connectivity index (χ4v) is 1.84. The molecule has 0 spiro atoms. The number of aryl methyl sites for hydroxylation is 1. The number of pyridine rings is 1. The van der Waals surface area contributed by atoms with Crippen LogP contribution in [0.2, 0.25) is 0 Å². The summed E-state index contributed by atoms with van der Waals surface area (Å²) in [6.07, 6.45) is 1.23. The molecule has 1 N–H and O–H groups in total. The van der Waals surface area contributed by atoms with Crippen molar-refractivity contribution in [2.45, 2.75) is 19.4 Å². The highest BCUT2D eigenvalue weighted by Crippen LogP contribution is 2.24. The van der Waals surface area contributed by atoms with Crippen molar-refractivity contribution in [3.8, 4) is 0 Å². The van der Waals surface area contributed by atoms with Gasteiger partial charge < -0.3 is 5.11 Å². The van der Waals surface area contributed by atoms with Crippen molar-refractivity contribution in [2.24, 2.45) is 0 Å². The van der Waals surface area contributed by atoms with Gasteiger partial charge in [-0.05, 0) is 35.7 Å². The molecule has 0 radical (unpaired) electrons. The minimum atomic E-state index is -1.05. The molecule has 18 heavy (non-hydrogen) atoms. The van der Waals surface area contributed by atoms with E-state index in [0.29, 0.717) is 17.7 Å². The summed E-state index contributed by atoms with van der Waals surface area (Å²) >= 11 is 0. The molecule has 0 bridgehead atoms. The van der Waals surface area contributed by atoms with Gasteiger partial charge in [0.05, 0.1) is 5.69 Å². The normalized spacial score (nSPS) is 12.4. The van der Waals surface area contributed by atoms with Gasteiger partial charge in [-0.25, -0.2) is 8.78 Å². The second-order valence-corrected chi connectivity index (χ2v) is 3.98. The summed E-state index contributed by atoms with van der Waals surface area (Å²) < 4.78 is 26.0. The standard InChI is InChI=1S/C14H13F2NO/c1-2-9-4-3-7-17-13(9)14(18)10-5-6-11(15)12(16)8-10/h3-8,14,18H,2H2,1H3. The summed E-state index contributed by atoms with van der Waals surface area (Å²) in [5.74, 6) is -1.90. The molecular weight excluding hydrogens is 236 g/mol. The molecule has 1 aromatic heterocycles. The second kappa shape index (κ2) is 5.23. The molecule has 4 heteroatoms. The van der Waals surface area contributed by atoms with Crippen LogP contribution in [0.4, 0.5) is 8.78 Å². The van der Waals surface area contributed by atoms with Crippen molar-refractivity contribution in [1.82, 2.24) is 4.98 Å². The van der Waals surface area contributed by atoms with Crippen molar-refractivity contribution in [2.75, 3.05) is 0 Å². The summed E-state index contributed by atoms with van der Waals surface area (Å²) in [6.45, 7) is 1.94. The molecule has 2 aromatic rings. The topological polar surface area (TPSA) is 33.1 Å². The smallest absolute Gasteiger partial charge is 0.159 e. The lowest BCUT2D eigenvalue weighted by Gasteiger charge is -2.14. The van der Waals surface area contributed by atoms with Gasteiger partial charge in [0.25, 0.3) is 0 Å². The molecule has 0 saturated heterocycles. The van der Waals surface area contributed by atoms with Crippen molar-refractivity contribution in [3.05, 3.63) is 65.0 Å². The third kappa shape index (κ3) is 2.38. The number of aliphatic hydroxyl groups is 1. The summed E-state index contributed by atoms with van der Waals surface area (Å²) in [5.41, 5.74) is 1.66. The molecule has 0 fully saturated rings. The van der Waals surface area contributed by atoms with Gasteiger partial charge >= 0.3 is 0 Å². The van der Waals surface area contributed by atoms with Crippen LogP contribution in [0.25, 0.3) is 0 Å². The average molecular weight is 249 g/mol. The molecule has 2 rings (SSSR count). The van der Waals surface area contributed by atoms with E-state index in [1.165, 1.54) is 6.07 Å². The molecule has 0 amide bonds. The zero-order valence-electron chi connectivity index (χ0n) is 9.90. The maximum absolute atomic E-state index is 13.1. The van der Waals surface area contributed by atoms with E-state index in [0.717, 1.165) is 17.7 Å². The number of nitrogens with zero attached hydrogens (tertiary/aromatic N) is 1. The number of hydrogen-bond donors (Lipinski definition) is 1. The van der Waals surface area contributed by atoms with E-state index < -0.39 is 17.7 Å². The van der Waals surface area contributed by atoms with Crippen LogP contribution in [-0.4, -0.2) is 10.1 Å². The van der Waals surface area contributed by atoms with E-state index in [1.807, 2.05) is 13.0 Å². The maximum atomic E-state index is 13.1. The zero-order valence-corrected chi connectivity index (χ0v) is 9.90. The van der Waals surface area contributed by atoms with E-state index in [1.54, 1.807) is 12.3 Å². The molecular formula is C14H13F2NO. The Morgan fingerprint density at radius 2 is 2.00 bits per heavy atom. The van der Waals surface area contributed by atoms with E-state index in [9.17, 15) is 13.9 Å². The summed E-state index contributed by atoms with van der Waals surface area (Å²) in [5, 5.41) is 10.2. The first-order chi connectivity index (χ1) is 8.63. The first-order valence-electron chi connectivity index (χ1n) is 5.70. The van der Waals surface area contributed by atoms with Gasteiger partial charge in [-0.15, -0.1) is 0 Å². The summed E-state index contributed by atoms with van der Waals surface area (Å²) in [6, 6.07) is 6.99. The average Bonchev–Trinajstić information content (AvgIpc) is 2.41. The molecule has 0 saturated carbocycles. The van der Waals surface area contributed by atoms with Crippen molar-refractivity contribution >= 4 is 0 Å². The lowest BCUT2D eigenvalue weighted by molar-refractivity contribution is 0.213. The van der Waals surface area contributed by atoms with Gasteiger partial charge in [0, 0.05) is 6.20 Å². The summed E-state index contributed by atoms with van der Waals surface area (Å²) in [4.78, 5) is 4.11. The van der Waals surface area contributed by atoms with Gasteiger partial charge in [0.15, 0.2) is 11.6 Å². The van der Waals surface area contributed by atoms with Crippen molar-refractivity contribution in [3.63, 3.8) is 0 Å². The first-order valence-corrected chi connectivity index (χ1v) is 5.70. The monoisotopic (exact) mass is 249 g/mol. The Labute approximate surface area is 104 Å². The van der Waals surface area contributed by atoms with Crippen LogP contribution in [0.5, 0.6) is 0 Å². The van der Waals surface area contributed by atoms with E-state index in [-0.39, 0.29) is 0 Å². The molecule has 0 aliphatic heterocycles. The maximum Gasteiger partial charge on any atom is 0.159 e. The van der Waals surface area contributed by atoms with Crippen LogP contribution in [0.15, 0.2) is 36.5 Å². The van der Waals surface area contributed by atoms with Crippen molar-refractivity contribution < 1.29 is 13.9 Å². The molecule has 0 aliphatic rings. The lowest BCUT2D eigenvalue weighted by Crippen LogP contribution is -2.06. The van der Waals surface area contributed by atoms with Gasteiger partial charge in [-0.2, -0.15) is 0 Å². The Kier molecular flexibility index (Phi) is 3.67. The van der Waals surface area contributed by atoms with Crippen LogP contribution in [0.3, 0.4) is 0 Å². The fraction of sp³-hybridized carbons (Fsp3) is 0.214. The summed E-state index contributed by atoms with van der Waals surface area (Å²) in [7, 11) is 0. The molecule has 1 unspecified atom stereocenters. The Morgan fingerprint density at radius 3 is 2.67 bits per heavy atom. The molecule has 1 atom stereocenters. The second-order valence-electron chi connectivity index (χ2n) is 3.98. The Hall–Kier alpha value is -1.81. The predicted octanol–water partition coefficient (Wildman–Crippen LogP) is 3.00. The Morgan fingerprint density at radius 1 is 1.22 bits per heavy atom. The largest absolute Gasteiger partial charge is 0.382 e. The molecule has 1 heterocycles. The number of halogens is 2. The Balaban J connectivity index is 2.41. The van der Waals surface area contributed by atoms with Gasteiger partial charge in [-0.3, -0.25) is 4.98 Å². The van der Waals surface area contributed by atoms with E-state index >= 15 is 0 Å². The van der Waals surface area contributed by atoms with Gasteiger partial charge in [0.2, 0.25) is 0 Å². The molecule has 0 aliphatic carbocycles. The van der Waals surface area contributed by atoms with Crippen LogP contribution in [0, 0.1) is 11.6 Å². The fourth-order valence-electron chi connectivity index (χ4n) is 1.84. The van der Waals surface area contributed by atoms with Crippen LogP contribution < -0.4 is 0 Å². The minimum Gasteiger partial charge on any atom is -0.382 e. The minimum absolute atomic E-state index is 0.294. The zero-order chi connectivity index (χ0) is 13.1. The van der Waals surface area contributed by atoms with Crippen molar-refractivity contribution in [1.29, 1.82) is 0 Å². The van der Waals surface area contributed by atoms with E-state index in [2.05, 4.69) is 4.98 Å². The highest BCUT2D eigenvalue weighted by atomic mass is 19.2. The van der Waals surface area contributed by atoms with Crippen LogP contribution in [0.1, 0.15) is 29.8 Å². The highest BCUT2D eigenvalue weighted by Gasteiger charge is 2.16. The Bertz CT molecular complexity index is 557. The third-order valence-corrected chi connectivity index (χ3v) is 2.83. The third-order valence-electron chi connectivity index (χ3n) is 2.83. The van der Waals surface area contributed by atoms with Crippen LogP contribution in [-0.2, 0) is 6.42 Å². The quantitative estimate of drug-likeness (QED) is 0.907. The first kappa shape index (κ1) is 12.6. The molecule has 2 nitrogen and oxygen atoms in total. The lowest BCUT2D eigenvalue weighted by atomic mass is 10.0. The van der Waals surface area contributed by atoms with Gasteiger partial charge in [0.1, 0.15) is 6.10 Å². The predicted molar refractivity (Wildman–Crippen MR) is 64.0 cm³/mol. The molecule has 1 aromatic carbocycles. The number of hydrogen-bond acceptors (Lipinski definition) is 2. The number of benzene rings is 1. The van der Waals surface area contributed by atoms with Gasteiger partial charge in [-0.1, -0.05) is 19.1 Å². The van der Waals surface area contributed by atoms with Crippen LogP contribution >= 0.6 is 0 Å². The number of rotatable bonds is 3. The highest BCUT2D eigenvalue weighted by molar-refractivity contribution is 5.31. The molecule has 94 valence electrons. The van der Waals surface area contributed by atoms with E-state index in [4.69, 9.17) is 0 Å². The number of aromatic nitrogens is 1. The number of aliphatic hydroxyl groups excluding tert-OH is 1. The SMILES string of the molecule is CCc1cccnc1C(O)c1ccc(F)c(F)c1.